The van der Waals surface area contributed by atoms with Crippen molar-refractivity contribution < 1.29 is 9.53 Å². The number of carbonyl (C=O) groups is 1. The number of nitrogens with zero attached hydrogens (tertiary/aromatic N) is 2. The summed E-state index contributed by atoms with van der Waals surface area (Å²) in [7, 11) is 1.58. The first-order valence-electron chi connectivity index (χ1n) is 7.59. The van der Waals surface area contributed by atoms with E-state index in [4.69, 9.17) is 4.74 Å². The Hall–Kier alpha value is -3.48. The summed E-state index contributed by atoms with van der Waals surface area (Å²) in [6, 6.07) is 14.3. The Bertz CT molecular complexity index is 995. The minimum absolute atomic E-state index is 0.00669. The van der Waals surface area contributed by atoms with Gasteiger partial charge in [-0.15, -0.1) is 0 Å². The number of benzene rings is 2. The number of methoxy groups -OCH3 is 1. The third-order valence-corrected chi connectivity index (χ3v) is 3.60. The fourth-order valence-electron chi connectivity index (χ4n) is 2.40. The second-order valence-electron chi connectivity index (χ2n) is 5.29. The number of aromatic nitrogens is 2. The van der Waals surface area contributed by atoms with Gasteiger partial charge in [-0.1, -0.05) is 30.3 Å². The summed E-state index contributed by atoms with van der Waals surface area (Å²) in [6.07, 6.45) is 1.53. The van der Waals surface area contributed by atoms with Crippen LogP contribution in [0.2, 0.25) is 0 Å². The maximum Gasteiger partial charge on any atom is 0.272 e. The Morgan fingerprint density at radius 3 is 2.84 bits per heavy atom. The normalized spacial score (nSPS) is 10.9. The van der Waals surface area contributed by atoms with E-state index in [9.17, 15) is 9.59 Å². The lowest BCUT2D eigenvalue weighted by molar-refractivity contribution is -0.120. The van der Waals surface area contributed by atoms with E-state index >= 15 is 0 Å². The molecule has 0 saturated carbocycles. The number of rotatable bonds is 5. The summed E-state index contributed by atoms with van der Waals surface area (Å²) in [6.45, 7) is 0. The molecule has 0 aliphatic heterocycles. The van der Waals surface area contributed by atoms with Gasteiger partial charge in [-0.25, -0.2) is 10.5 Å². The fourth-order valence-corrected chi connectivity index (χ4v) is 2.40. The van der Waals surface area contributed by atoms with Crippen LogP contribution in [-0.4, -0.2) is 29.4 Å². The Kier molecular flexibility index (Phi) is 4.84. The molecule has 0 fully saturated rings. The quantitative estimate of drug-likeness (QED) is 0.547. The third-order valence-electron chi connectivity index (χ3n) is 3.60. The largest absolute Gasteiger partial charge is 0.497 e. The van der Waals surface area contributed by atoms with Gasteiger partial charge < -0.3 is 4.74 Å². The van der Waals surface area contributed by atoms with Gasteiger partial charge in [-0.05, 0) is 23.8 Å². The summed E-state index contributed by atoms with van der Waals surface area (Å²) in [5.41, 5.74) is 3.46. The minimum Gasteiger partial charge on any atom is -0.497 e. The van der Waals surface area contributed by atoms with Crippen LogP contribution in [0.15, 0.2) is 58.4 Å². The van der Waals surface area contributed by atoms with Gasteiger partial charge in [0.05, 0.1) is 30.8 Å². The number of aromatic amines is 1. The maximum absolute atomic E-state index is 12.1. The zero-order valence-electron chi connectivity index (χ0n) is 13.5. The highest BCUT2D eigenvalue weighted by atomic mass is 16.5. The van der Waals surface area contributed by atoms with Crippen molar-refractivity contribution >= 4 is 22.9 Å². The van der Waals surface area contributed by atoms with E-state index < -0.39 is 0 Å². The predicted molar refractivity (Wildman–Crippen MR) is 94.8 cm³/mol. The molecule has 0 unspecified atom stereocenters. The molecule has 7 heteroatoms. The minimum atomic E-state index is -0.330. The number of hydrogen-bond donors (Lipinski definition) is 2. The van der Waals surface area contributed by atoms with Crippen LogP contribution in [-0.2, 0) is 11.2 Å². The second kappa shape index (κ2) is 7.39. The van der Waals surface area contributed by atoms with Crippen molar-refractivity contribution in [2.24, 2.45) is 5.10 Å². The first-order chi connectivity index (χ1) is 12.2. The van der Waals surface area contributed by atoms with Crippen LogP contribution >= 0.6 is 0 Å². The molecular weight excluding hydrogens is 320 g/mol. The van der Waals surface area contributed by atoms with Crippen LogP contribution in [0.3, 0.4) is 0 Å². The van der Waals surface area contributed by atoms with E-state index in [0.29, 0.717) is 22.2 Å². The molecule has 7 nitrogen and oxygen atoms in total. The Morgan fingerprint density at radius 1 is 1.24 bits per heavy atom. The predicted octanol–water partition coefficient (Wildman–Crippen LogP) is 1.62. The summed E-state index contributed by atoms with van der Waals surface area (Å²) in [5.74, 6) is 0.378. The van der Waals surface area contributed by atoms with E-state index in [1.165, 1.54) is 6.21 Å². The number of nitrogens with one attached hydrogen (secondary N) is 2. The van der Waals surface area contributed by atoms with Crippen LogP contribution in [0.4, 0.5) is 0 Å². The lowest BCUT2D eigenvalue weighted by atomic mass is 10.1. The van der Waals surface area contributed by atoms with Crippen LogP contribution in [0, 0.1) is 0 Å². The molecule has 3 rings (SSSR count). The SMILES string of the molecule is COc1cccc(/C=N/NC(=O)Cc2n[nH]c(=O)c3ccccc23)c1. The van der Waals surface area contributed by atoms with E-state index in [1.807, 2.05) is 18.2 Å². The Labute approximate surface area is 143 Å². The van der Waals surface area contributed by atoms with Gasteiger partial charge >= 0.3 is 0 Å². The van der Waals surface area contributed by atoms with Crippen molar-refractivity contribution in [1.82, 2.24) is 15.6 Å². The zero-order valence-corrected chi connectivity index (χ0v) is 13.5. The van der Waals surface area contributed by atoms with Crippen LogP contribution < -0.4 is 15.7 Å². The van der Waals surface area contributed by atoms with Gasteiger partial charge in [0.25, 0.3) is 5.56 Å². The van der Waals surface area contributed by atoms with Crippen LogP contribution in [0.1, 0.15) is 11.3 Å². The lowest BCUT2D eigenvalue weighted by Crippen LogP contribution is -2.22. The van der Waals surface area contributed by atoms with Crippen molar-refractivity contribution in [3.63, 3.8) is 0 Å². The lowest BCUT2D eigenvalue weighted by Gasteiger charge is -2.04. The Balaban J connectivity index is 1.70. The number of fused-ring (bicyclic) bond motifs is 1. The number of H-pyrrole nitrogens is 1. The summed E-state index contributed by atoms with van der Waals surface area (Å²) < 4.78 is 5.13. The molecule has 126 valence electrons. The van der Waals surface area contributed by atoms with Crippen molar-refractivity contribution in [2.45, 2.75) is 6.42 Å². The number of amides is 1. The van der Waals surface area contributed by atoms with E-state index in [0.717, 1.165) is 5.56 Å². The fraction of sp³-hybridized carbons (Fsp3) is 0.111. The molecule has 0 atom stereocenters. The third kappa shape index (κ3) is 3.89. The number of hydrogen-bond acceptors (Lipinski definition) is 5. The van der Waals surface area contributed by atoms with Gasteiger partial charge in [0.1, 0.15) is 5.75 Å². The van der Waals surface area contributed by atoms with Gasteiger partial charge in [0.2, 0.25) is 5.91 Å². The molecule has 25 heavy (non-hydrogen) atoms. The molecule has 1 aromatic heterocycles. The van der Waals surface area contributed by atoms with E-state index in [-0.39, 0.29) is 17.9 Å². The summed E-state index contributed by atoms with van der Waals surface area (Å²) in [5, 5.41) is 11.5. The molecule has 1 amide bonds. The maximum atomic E-state index is 12.1. The Morgan fingerprint density at radius 2 is 2.04 bits per heavy atom. The molecule has 0 bridgehead atoms. The zero-order chi connectivity index (χ0) is 17.6. The topological polar surface area (TPSA) is 96.4 Å². The number of hydrazone groups is 1. The average Bonchev–Trinajstić information content (AvgIpc) is 2.64. The number of ether oxygens (including phenoxy) is 1. The average molecular weight is 336 g/mol. The summed E-state index contributed by atoms with van der Waals surface area (Å²) >= 11 is 0. The first-order valence-corrected chi connectivity index (χ1v) is 7.59. The highest BCUT2D eigenvalue weighted by Gasteiger charge is 2.10. The van der Waals surface area contributed by atoms with Crippen LogP contribution in [0.5, 0.6) is 5.75 Å². The molecule has 2 aromatic carbocycles. The summed E-state index contributed by atoms with van der Waals surface area (Å²) in [4.78, 5) is 23.8. The molecule has 2 N–H and O–H groups in total. The number of carbonyl (C=O) groups excluding carboxylic acids is 1. The molecule has 3 aromatic rings. The molecular formula is C18H16N4O3. The molecule has 0 saturated heterocycles. The van der Waals surface area contributed by atoms with Crippen LogP contribution in [0.25, 0.3) is 10.8 Å². The van der Waals surface area contributed by atoms with Crippen molar-refractivity contribution in [1.29, 1.82) is 0 Å². The second-order valence-corrected chi connectivity index (χ2v) is 5.29. The van der Waals surface area contributed by atoms with Crippen molar-refractivity contribution in [2.75, 3.05) is 7.11 Å². The van der Waals surface area contributed by atoms with Gasteiger partial charge in [-0.3, -0.25) is 9.59 Å². The molecule has 0 radical (unpaired) electrons. The standard InChI is InChI=1S/C18H16N4O3/c1-25-13-6-4-5-12(9-13)11-19-21-17(23)10-16-14-7-2-3-8-15(14)18(24)22-20-16/h2-9,11H,10H2,1H3,(H,21,23)(H,22,24)/b19-11+. The monoisotopic (exact) mass is 336 g/mol. The highest BCUT2D eigenvalue weighted by Crippen LogP contribution is 2.13. The van der Waals surface area contributed by atoms with Crippen molar-refractivity contribution in [3.05, 3.63) is 70.1 Å². The molecule has 0 spiro atoms. The van der Waals surface area contributed by atoms with Gasteiger partial charge in [-0.2, -0.15) is 10.2 Å². The van der Waals surface area contributed by atoms with E-state index in [1.54, 1.807) is 37.4 Å². The molecule has 1 heterocycles. The molecule has 0 aliphatic rings. The van der Waals surface area contributed by atoms with Crippen molar-refractivity contribution in [3.8, 4) is 5.75 Å². The van der Waals surface area contributed by atoms with Gasteiger partial charge in [0, 0.05) is 5.39 Å². The smallest absolute Gasteiger partial charge is 0.272 e. The van der Waals surface area contributed by atoms with Gasteiger partial charge in [0.15, 0.2) is 0 Å². The highest BCUT2D eigenvalue weighted by molar-refractivity contribution is 5.89. The first kappa shape index (κ1) is 16.4. The molecule has 0 aliphatic carbocycles. The van der Waals surface area contributed by atoms with E-state index in [2.05, 4.69) is 20.7 Å².